The summed E-state index contributed by atoms with van der Waals surface area (Å²) < 4.78 is 1.38. The van der Waals surface area contributed by atoms with Gasteiger partial charge in [-0.05, 0) is 33.9 Å². The third-order valence-corrected chi connectivity index (χ3v) is 2.51. The Morgan fingerprint density at radius 1 is 1.27 bits per heavy atom. The number of nitrogens with zero attached hydrogens (tertiary/aromatic N) is 1. The maximum absolute atomic E-state index is 11.7. The second-order valence-corrected chi connectivity index (χ2v) is 3.60. The molecule has 1 aromatic rings. The fraction of sp³-hybridized carbons (Fsp3) is 0.600. The van der Waals surface area contributed by atoms with Crippen LogP contribution in [0.4, 0.5) is 0 Å². The van der Waals surface area contributed by atoms with Crippen LogP contribution in [-0.2, 0) is 6.54 Å². The highest BCUT2D eigenvalue weighted by Gasteiger charge is 2.06. The van der Waals surface area contributed by atoms with Gasteiger partial charge >= 0.3 is 0 Å². The van der Waals surface area contributed by atoms with E-state index in [1.54, 1.807) is 13.8 Å². The molecule has 1 aromatic heterocycles. The SMILES string of the molecule is CNCCCn1[nH]c(=O)c(C)c(C)c1=O. The Bertz CT molecular complexity index is 445. The Labute approximate surface area is 88.1 Å². The molecule has 0 bridgehead atoms. The second-order valence-electron chi connectivity index (χ2n) is 3.60. The van der Waals surface area contributed by atoms with Gasteiger partial charge in [-0.2, -0.15) is 0 Å². The summed E-state index contributed by atoms with van der Waals surface area (Å²) in [5.74, 6) is 0. The average molecular weight is 211 g/mol. The summed E-state index contributed by atoms with van der Waals surface area (Å²) in [6.07, 6.45) is 0.814. The van der Waals surface area contributed by atoms with E-state index in [1.165, 1.54) is 4.68 Å². The predicted octanol–water partition coefficient (Wildman–Crippen LogP) is -0.237. The van der Waals surface area contributed by atoms with Gasteiger partial charge in [0.15, 0.2) is 0 Å². The molecule has 0 aliphatic carbocycles. The highest BCUT2D eigenvalue weighted by Crippen LogP contribution is 1.91. The Morgan fingerprint density at radius 2 is 1.93 bits per heavy atom. The van der Waals surface area contributed by atoms with Crippen LogP contribution in [-0.4, -0.2) is 23.4 Å². The molecular weight excluding hydrogens is 194 g/mol. The zero-order chi connectivity index (χ0) is 11.4. The van der Waals surface area contributed by atoms with E-state index >= 15 is 0 Å². The molecule has 0 aromatic carbocycles. The number of H-pyrrole nitrogens is 1. The van der Waals surface area contributed by atoms with Crippen molar-refractivity contribution in [2.45, 2.75) is 26.8 Å². The van der Waals surface area contributed by atoms with Gasteiger partial charge in [0.2, 0.25) is 0 Å². The molecule has 15 heavy (non-hydrogen) atoms. The van der Waals surface area contributed by atoms with E-state index in [0.29, 0.717) is 17.7 Å². The summed E-state index contributed by atoms with van der Waals surface area (Å²) >= 11 is 0. The number of hydrogen-bond donors (Lipinski definition) is 2. The molecule has 0 spiro atoms. The number of aromatic nitrogens is 2. The number of hydrogen-bond acceptors (Lipinski definition) is 3. The summed E-state index contributed by atoms with van der Waals surface area (Å²) in [6.45, 7) is 4.70. The molecule has 0 amide bonds. The summed E-state index contributed by atoms with van der Waals surface area (Å²) in [4.78, 5) is 23.1. The Hall–Kier alpha value is -1.36. The lowest BCUT2D eigenvalue weighted by molar-refractivity contribution is 0.526. The number of aryl methyl sites for hydroxylation is 1. The van der Waals surface area contributed by atoms with Crippen LogP contribution in [0.5, 0.6) is 0 Å². The van der Waals surface area contributed by atoms with E-state index in [-0.39, 0.29) is 11.1 Å². The predicted molar refractivity (Wildman–Crippen MR) is 59.3 cm³/mol. The topological polar surface area (TPSA) is 66.9 Å². The quantitative estimate of drug-likeness (QED) is 0.676. The molecule has 5 nitrogen and oxygen atoms in total. The second kappa shape index (κ2) is 4.93. The van der Waals surface area contributed by atoms with Gasteiger partial charge in [0.25, 0.3) is 11.1 Å². The first-order valence-electron chi connectivity index (χ1n) is 5.03. The van der Waals surface area contributed by atoms with Gasteiger partial charge in [0.05, 0.1) is 0 Å². The maximum Gasteiger partial charge on any atom is 0.268 e. The van der Waals surface area contributed by atoms with E-state index in [2.05, 4.69) is 10.4 Å². The molecule has 0 aliphatic heterocycles. The van der Waals surface area contributed by atoms with Crippen LogP contribution < -0.4 is 16.4 Å². The molecule has 5 heteroatoms. The molecule has 2 N–H and O–H groups in total. The van der Waals surface area contributed by atoms with Gasteiger partial charge in [-0.15, -0.1) is 0 Å². The first kappa shape index (κ1) is 11.7. The lowest BCUT2D eigenvalue weighted by atomic mass is 10.2. The van der Waals surface area contributed by atoms with Crippen LogP contribution in [0.2, 0.25) is 0 Å². The van der Waals surface area contributed by atoms with Crippen LogP contribution >= 0.6 is 0 Å². The highest BCUT2D eigenvalue weighted by molar-refractivity contribution is 5.17. The minimum absolute atomic E-state index is 0.108. The largest absolute Gasteiger partial charge is 0.320 e. The summed E-state index contributed by atoms with van der Waals surface area (Å²) in [7, 11) is 1.85. The molecular formula is C10H17N3O2. The number of aromatic amines is 1. The summed E-state index contributed by atoms with van der Waals surface area (Å²) in [6, 6.07) is 0. The Balaban J connectivity index is 3.00. The van der Waals surface area contributed by atoms with Crippen molar-refractivity contribution in [2.24, 2.45) is 0 Å². The smallest absolute Gasteiger partial charge is 0.268 e. The van der Waals surface area contributed by atoms with Gasteiger partial charge in [-0.1, -0.05) is 0 Å². The average Bonchev–Trinajstić information content (AvgIpc) is 2.23. The summed E-state index contributed by atoms with van der Waals surface area (Å²) in [5, 5.41) is 5.56. The molecule has 0 saturated carbocycles. The van der Waals surface area contributed by atoms with Gasteiger partial charge in [-0.25, -0.2) is 4.68 Å². The Morgan fingerprint density at radius 3 is 2.53 bits per heavy atom. The van der Waals surface area contributed by atoms with Crippen molar-refractivity contribution in [2.75, 3.05) is 13.6 Å². The molecule has 0 atom stereocenters. The van der Waals surface area contributed by atoms with Gasteiger partial charge in [-0.3, -0.25) is 14.7 Å². The standard InChI is InChI=1S/C10H17N3O2/c1-7-8(2)10(15)13(12-9(7)14)6-4-5-11-3/h11H,4-6H2,1-3H3,(H,12,14). The van der Waals surface area contributed by atoms with Gasteiger partial charge in [0.1, 0.15) is 0 Å². The first-order valence-corrected chi connectivity index (χ1v) is 5.03. The number of rotatable bonds is 4. The van der Waals surface area contributed by atoms with Gasteiger partial charge < -0.3 is 5.32 Å². The van der Waals surface area contributed by atoms with Crippen molar-refractivity contribution in [3.63, 3.8) is 0 Å². The lowest BCUT2D eigenvalue weighted by Gasteiger charge is -2.07. The maximum atomic E-state index is 11.7. The van der Waals surface area contributed by atoms with Crippen LogP contribution in [0.1, 0.15) is 17.5 Å². The van der Waals surface area contributed by atoms with Crippen molar-refractivity contribution in [3.05, 3.63) is 31.8 Å². The normalized spacial score (nSPS) is 10.6. The molecule has 1 rings (SSSR count). The third kappa shape index (κ3) is 2.56. The van der Waals surface area contributed by atoms with Crippen molar-refractivity contribution >= 4 is 0 Å². The lowest BCUT2D eigenvalue weighted by Crippen LogP contribution is -2.33. The molecule has 0 aliphatic rings. The fourth-order valence-corrected chi connectivity index (χ4v) is 1.36. The molecule has 0 unspecified atom stereocenters. The van der Waals surface area contributed by atoms with E-state index in [1.807, 2.05) is 7.05 Å². The van der Waals surface area contributed by atoms with Crippen LogP contribution in [0.15, 0.2) is 9.59 Å². The van der Waals surface area contributed by atoms with Crippen molar-refractivity contribution < 1.29 is 0 Å². The minimum Gasteiger partial charge on any atom is -0.320 e. The van der Waals surface area contributed by atoms with Crippen LogP contribution in [0.3, 0.4) is 0 Å². The zero-order valence-electron chi connectivity index (χ0n) is 9.39. The van der Waals surface area contributed by atoms with Crippen molar-refractivity contribution in [1.29, 1.82) is 0 Å². The number of nitrogens with one attached hydrogen (secondary N) is 2. The monoisotopic (exact) mass is 211 g/mol. The molecule has 0 saturated heterocycles. The minimum atomic E-state index is -0.184. The van der Waals surface area contributed by atoms with E-state index in [4.69, 9.17) is 0 Å². The third-order valence-electron chi connectivity index (χ3n) is 2.51. The molecule has 1 heterocycles. The molecule has 84 valence electrons. The van der Waals surface area contributed by atoms with E-state index in [9.17, 15) is 9.59 Å². The van der Waals surface area contributed by atoms with E-state index < -0.39 is 0 Å². The molecule has 0 radical (unpaired) electrons. The first-order chi connectivity index (χ1) is 7.07. The van der Waals surface area contributed by atoms with Crippen LogP contribution in [0, 0.1) is 13.8 Å². The van der Waals surface area contributed by atoms with Crippen molar-refractivity contribution in [1.82, 2.24) is 15.1 Å². The van der Waals surface area contributed by atoms with Gasteiger partial charge in [0, 0.05) is 17.7 Å². The zero-order valence-corrected chi connectivity index (χ0v) is 9.39. The van der Waals surface area contributed by atoms with E-state index in [0.717, 1.165) is 13.0 Å². The highest BCUT2D eigenvalue weighted by atomic mass is 16.2. The fourth-order valence-electron chi connectivity index (χ4n) is 1.36. The molecule has 0 fully saturated rings. The van der Waals surface area contributed by atoms with Crippen molar-refractivity contribution in [3.8, 4) is 0 Å². The van der Waals surface area contributed by atoms with Crippen LogP contribution in [0.25, 0.3) is 0 Å². The Kier molecular flexibility index (Phi) is 3.85. The summed E-state index contributed by atoms with van der Waals surface area (Å²) in [5.41, 5.74) is 0.743.